The highest BCUT2D eigenvalue weighted by molar-refractivity contribution is 6.45. The molecule has 92 heavy (non-hydrogen) atoms. The number of fused-ring (bicyclic) bond motifs is 1. The summed E-state index contributed by atoms with van der Waals surface area (Å²) in [4.78, 5) is 99.7. The van der Waals surface area contributed by atoms with Gasteiger partial charge < -0.3 is 77.6 Å². The SMILES string of the molecule is COc1cnc(-n2cnc(C(=O)NCCCN(CCCN3CCN(CCOCCOCCOCCOCc4cn(CCOCCOCCOCCOCCC(C)=O)nn4)CC3)C(=O)C3CC(O)C3)n2)c2[nH]cc(C(=O)C(=O)N3CCN(C(=O)c4ccccc4)CC3)c12. The molecule has 2 aliphatic heterocycles. The minimum atomic E-state index is -0.761. The molecule has 0 unspecified atom stereocenters. The first-order valence-electron chi connectivity index (χ1n) is 31.8. The Morgan fingerprint density at radius 1 is 0.685 bits per heavy atom. The molecule has 8 rings (SSSR count). The molecular formula is C62H90N14O16. The van der Waals surface area contributed by atoms with Crippen molar-refractivity contribution in [1.82, 2.24) is 69.5 Å². The number of nitrogens with zero attached hydrogens (tertiary/aromatic N) is 12. The molecule has 1 aromatic carbocycles. The van der Waals surface area contributed by atoms with E-state index in [2.05, 4.69) is 45.5 Å². The molecule has 4 aromatic heterocycles. The molecule has 6 heterocycles. The smallest absolute Gasteiger partial charge is 0.295 e. The number of methoxy groups -OCH3 is 1. The predicted molar refractivity (Wildman–Crippen MR) is 331 cm³/mol. The molecule has 5 aromatic rings. The van der Waals surface area contributed by atoms with E-state index in [0.717, 1.165) is 51.4 Å². The lowest BCUT2D eigenvalue weighted by molar-refractivity contribution is -0.142. The van der Waals surface area contributed by atoms with Gasteiger partial charge >= 0.3 is 0 Å². The summed E-state index contributed by atoms with van der Waals surface area (Å²) in [7, 11) is 1.43. The Morgan fingerprint density at radius 3 is 1.90 bits per heavy atom. The van der Waals surface area contributed by atoms with Gasteiger partial charge in [-0.1, -0.05) is 23.4 Å². The number of hydrogen-bond donors (Lipinski definition) is 3. The van der Waals surface area contributed by atoms with Crippen molar-refractivity contribution in [2.24, 2.45) is 5.92 Å². The maximum atomic E-state index is 13.8. The van der Waals surface area contributed by atoms with E-state index < -0.39 is 23.7 Å². The molecule has 30 nitrogen and oxygen atoms in total. The fourth-order valence-electron chi connectivity index (χ4n) is 10.5. The number of carbonyl (C=O) groups excluding carboxylic acids is 6. The van der Waals surface area contributed by atoms with Gasteiger partial charge in [0.15, 0.2) is 5.82 Å². The maximum Gasteiger partial charge on any atom is 0.295 e. The lowest BCUT2D eigenvalue weighted by Gasteiger charge is -2.36. The Morgan fingerprint density at radius 2 is 1.27 bits per heavy atom. The summed E-state index contributed by atoms with van der Waals surface area (Å²) < 4.78 is 53.3. The van der Waals surface area contributed by atoms with Gasteiger partial charge in [0.2, 0.25) is 11.7 Å². The van der Waals surface area contributed by atoms with E-state index >= 15 is 0 Å². The van der Waals surface area contributed by atoms with Crippen molar-refractivity contribution in [3.63, 3.8) is 0 Å². The van der Waals surface area contributed by atoms with Crippen LogP contribution in [0, 0.1) is 5.92 Å². The van der Waals surface area contributed by atoms with E-state index in [9.17, 15) is 33.9 Å². The van der Waals surface area contributed by atoms with Gasteiger partial charge in [-0.15, -0.1) is 10.2 Å². The number of carbonyl (C=O) groups is 6. The highest BCUT2D eigenvalue weighted by Crippen LogP contribution is 2.32. The zero-order chi connectivity index (χ0) is 64.7. The zero-order valence-corrected chi connectivity index (χ0v) is 53.0. The van der Waals surface area contributed by atoms with Crippen LogP contribution in [-0.2, 0) is 65.4 Å². The van der Waals surface area contributed by atoms with Crippen LogP contribution in [0.2, 0.25) is 0 Å². The molecule has 3 aliphatic rings. The molecule has 0 spiro atoms. The lowest BCUT2D eigenvalue weighted by atomic mass is 9.81. The molecule has 30 heteroatoms. The van der Waals surface area contributed by atoms with Crippen LogP contribution in [0.3, 0.4) is 0 Å². The Labute approximate surface area is 535 Å². The van der Waals surface area contributed by atoms with Crippen molar-refractivity contribution >= 4 is 46.1 Å². The van der Waals surface area contributed by atoms with E-state index in [1.165, 1.54) is 35.4 Å². The number of nitrogens with one attached hydrogen (secondary N) is 2. The largest absolute Gasteiger partial charge is 0.494 e. The number of piperazine rings is 2. The summed E-state index contributed by atoms with van der Waals surface area (Å²) in [6.07, 6.45) is 8.12. The first-order chi connectivity index (χ1) is 44.9. The Kier molecular flexibility index (Phi) is 29.7. The third kappa shape index (κ3) is 22.5. The number of ketones is 2. The molecule has 4 amide bonds. The van der Waals surface area contributed by atoms with Crippen LogP contribution in [0.15, 0.2) is 55.2 Å². The van der Waals surface area contributed by atoms with Gasteiger partial charge in [-0.25, -0.2) is 14.6 Å². The minimum Gasteiger partial charge on any atom is -0.494 e. The quantitative estimate of drug-likeness (QED) is 0.0278. The normalized spacial score (nSPS) is 16.2. The van der Waals surface area contributed by atoms with Crippen molar-refractivity contribution in [2.45, 2.75) is 58.3 Å². The van der Waals surface area contributed by atoms with Gasteiger partial charge in [-0.05, 0) is 51.3 Å². The zero-order valence-electron chi connectivity index (χ0n) is 53.0. The maximum absolute atomic E-state index is 13.8. The molecule has 0 bridgehead atoms. The van der Waals surface area contributed by atoms with Crippen LogP contribution in [-0.4, -0.2) is 302 Å². The number of rotatable bonds is 44. The van der Waals surface area contributed by atoms with E-state index in [1.807, 2.05) is 17.2 Å². The van der Waals surface area contributed by atoms with Crippen molar-refractivity contribution < 1.29 is 76.5 Å². The molecule has 3 fully saturated rings. The van der Waals surface area contributed by atoms with Gasteiger partial charge in [0, 0.05) is 103 Å². The van der Waals surface area contributed by atoms with Gasteiger partial charge in [0.05, 0.1) is 154 Å². The summed E-state index contributed by atoms with van der Waals surface area (Å²) in [6, 6.07) is 8.90. The summed E-state index contributed by atoms with van der Waals surface area (Å²) in [6.45, 7) is 17.0. The number of Topliss-reactive ketones (excluding diaryl/α,β-unsaturated/α-hetero) is 2. The van der Waals surface area contributed by atoms with Crippen molar-refractivity contribution in [1.29, 1.82) is 0 Å². The molecular weight excluding hydrogens is 1200 g/mol. The molecule has 1 aliphatic carbocycles. The van der Waals surface area contributed by atoms with Crippen molar-refractivity contribution in [3.05, 3.63) is 77.9 Å². The third-order valence-corrected chi connectivity index (χ3v) is 15.8. The van der Waals surface area contributed by atoms with Crippen molar-refractivity contribution in [2.75, 3.05) is 191 Å². The highest BCUT2D eigenvalue weighted by atomic mass is 16.6. The van der Waals surface area contributed by atoms with E-state index in [0.29, 0.717) is 167 Å². The van der Waals surface area contributed by atoms with Crippen LogP contribution in [0.1, 0.15) is 76.1 Å². The Balaban J connectivity index is 0.633. The summed E-state index contributed by atoms with van der Waals surface area (Å²) in [5, 5.41) is 25.8. The molecule has 2 saturated heterocycles. The minimum absolute atomic E-state index is 0.0232. The van der Waals surface area contributed by atoms with Crippen LogP contribution < -0.4 is 10.1 Å². The average Bonchev–Trinajstić information content (AvgIpc) is 1.59. The monoisotopic (exact) mass is 1290 g/mol. The second-order valence-electron chi connectivity index (χ2n) is 22.5. The van der Waals surface area contributed by atoms with E-state index in [4.69, 9.17) is 42.6 Å². The fourth-order valence-corrected chi connectivity index (χ4v) is 10.5. The van der Waals surface area contributed by atoms with Crippen LogP contribution in [0.4, 0.5) is 0 Å². The molecule has 3 N–H and O–H groups in total. The number of benzene rings is 1. The Hall–Kier alpha value is -7.23. The number of aliphatic hydroxyl groups excluding tert-OH is 1. The van der Waals surface area contributed by atoms with Crippen LogP contribution >= 0.6 is 0 Å². The number of aromatic amines is 1. The first kappa shape index (κ1) is 70.6. The highest BCUT2D eigenvalue weighted by Gasteiger charge is 2.36. The lowest BCUT2D eigenvalue weighted by Crippen LogP contribution is -2.52. The topological polar surface area (TPSA) is 324 Å². The van der Waals surface area contributed by atoms with Gasteiger partial charge in [0.1, 0.15) is 23.6 Å². The second-order valence-corrected chi connectivity index (χ2v) is 22.5. The summed E-state index contributed by atoms with van der Waals surface area (Å²) in [5.41, 5.74) is 1.68. The van der Waals surface area contributed by atoms with Crippen molar-refractivity contribution in [3.8, 4) is 11.6 Å². The first-order valence-corrected chi connectivity index (χ1v) is 31.8. The number of aromatic nitrogens is 8. The second kappa shape index (κ2) is 38.7. The van der Waals surface area contributed by atoms with Gasteiger partial charge in [-0.3, -0.25) is 33.7 Å². The van der Waals surface area contributed by atoms with Gasteiger partial charge in [0.25, 0.3) is 23.5 Å². The third-order valence-electron chi connectivity index (χ3n) is 15.8. The Bertz CT molecular complexity index is 3050. The van der Waals surface area contributed by atoms with E-state index in [1.54, 1.807) is 40.8 Å². The molecule has 1 saturated carbocycles. The number of hydrogen-bond acceptors (Lipinski definition) is 23. The van der Waals surface area contributed by atoms with E-state index in [-0.39, 0.29) is 79.2 Å². The standard InChI is InChI=1S/C62H90N14O16/c1-47(77)10-25-85-28-31-88-34-35-90-33-30-87-27-24-75-44-50(67-69-75)45-92-39-38-91-37-36-89-32-29-86-26-23-71-17-15-70(16-18-71)12-7-14-72(61(82)49-40-51(78)41-49)13-6-11-63-59(80)57-66-46-76(68-57)58-55-54(53(84-2)43-65-58)52(42-64-55)56(79)62(83)74-21-19-73(20-22-74)60(81)48-8-4-3-5-9-48/h3-5,8-9,42-44,46,49,51,64,78H,6-7,10-41,45H2,1-2H3,(H,63,80). The number of H-pyrrole nitrogens is 1. The molecule has 0 atom stereocenters. The van der Waals surface area contributed by atoms with Gasteiger partial charge in [-0.2, -0.15) is 4.68 Å². The number of aliphatic hydroxyl groups is 1. The molecule has 504 valence electrons. The molecule has 0 radical (unpaired) electrons. The fraction of sp³-hybridized carbons (Fsp3) is 0.629. The van der Waals surface area contributed by atoms with Crippen LogP contribution in [0.5, 0.6) is 5.75 Å². The summed E-state index contributed by atoms with van der Waals surface area (Å²) in [5.74, 6) is -1.88. The average molecular weight is 1290 g/mol. The number of amides is 4. The number of ether oxygens (including phenoxy) is 9. The van der Waals surface area contributed by atoms with Crippen LogP contribution in [0.25, 0.3) is 16.7 Å². The predicted octanol–water partition coefficient (Wildman–Crippen LogP) is 0.950. The number of pyridine rings is 1. The summed E-state index contributed by atoms with van der Waals surface area (Å²) >= 11 is 0.